The fourth-order valence-corrected chi connectivity index (χ4v) is 6.28. The molecular formula is C17H25N3O5S. The molecule has 3 heterocycles. The molecule has 26 heavy (non-hydrogen) atoms. The van der Waals surface area contributed by atoms with Gasteiger partial charge in [-0.05, 0) is 31.4 Å². The number of carboxylic acid groups (broad SMARTS) is 1. The zero-order valence-corrected chi connectivity index (χ0v) is 15.6. The maximum Gasteiger partial charge on any atom is 0.303 e. The molecule has 8 nitrogen and oxygen atoms in total. The molecule has 1 fully saturated rings. The Morgan fingerprint density at radius 1 is 1.54 bits per heavy atom. The fourth-order valence-electron chi connectivity index (χ4n) is 3.73. The number of nitrogen functional groups attached to an aromatic ring is 1. The van der Waals surface area contributed by atoms with Crippen molar-refractivity contribution in [3.05, 3.63) is 12.1 Å². The monoisotopic (exact) mass is 383 g/mol. The van der Waals surface area contributed by atoms with Gasteiger partial charge < -0.3 is 26.0 Å². The summed E-state index contributed by atoms with van der Waals surface area (Å²) in [5, 5.41) is 22.6. The molecule has 144 valence electrons. The van der Waals surface area contributed by atoms with Gasteiger partial charge in [0.05, 0.1) is 24.3 Å². The SMILES string of the molecule is CC[C@@H](CC(=O)O)[C@@H]1C[C@@H]([C@@H](C)O)[C@@H]([SH]2C(=O)Nc3ccc(N)nc32)O1. The highest BCUT2D eigenvalue weighted by atomic mass is 32.2. The van der Waals surface area contributed by atoms with Crippen LogP contribution in [0.3, 0.4) is 0 Å². The minimum Gasteiger partial charge on any atom is -0.481 e. The van der Waals surface area contributed by atoms with E-state index in [1.54, 1.807) is 19.1 Å². The van der Waals surface area contributed by atoms with E-state index in [4.69, 9.17) is 15.6 Å². The summed E-state index contributed by atoms with van der Waals surface area (Å²) in [6, 6.07) is 3.35. The number of fused-ring (bicyclic) bond motifs is 1. The van der Waals surface area contributed by atoms with E-state index in [0.717, 1.165) is 0 Å². The van der Waals surface area contributed by atoms with Crippen LogP contribution >= 0.6 is 10.9 Å². The Morgan fingerprint density at radius 2 is 2.27 bits per heavy atom. The second-order valence-electron chi connectivity index (χ2n) is 6.88. The first-order chi connectivity index (χ1) is 12.3. The van der Waals surface area contributed by atoms with Crippen LogP contribution in [0.1, 0.15) is 33.1 Å². The Morgan fingerprint density at radius 3 is 2.88 bits per heavy atom. The number of nitrogens with two attached hydrogens (primary N) is 1. The number of nitrogens with zero attached hydrogens (tertiary/aromatic N) is 1. The normalized spacial score (nSPS) is 31.3. The number of rotatable bonds is 6. The third kappa shape index (κ3) is 3.51. The average Bonchev–Trinajstić information content (AvgIpc) is 3.12. The molecule has 0 aromatic carbocycles. The van der Waals surface area contributed by atoms with E-state index in [1.165, 1.54) is 0 Å². The molecule has 0 bridgehead atoms. The van der Waals surface area contributed by atoms with Gasteiger partial charge in [0.1, 0.15) is 16.3 Å². The Bertz CT molecular complexity index is 714. The number of nitrogens with one attached hydrogen (secondary N) is 1. The van der Waals surface area contributed by atoms with Crippen LogP contribution in [-0.4, -0.2) is 44.0 Å². The molecule has 1 saturated heterocycles. The number of carbonyl (C=O) groups excluding carboxylic acids is 1. The highest BCUT2D eigenvalue weighted by Crippen LogP contribution is 2.56. The van der Waals surface area contributed by atoms with Crippen molar-refractivity contribution < 1.29 is 24.5 Å². The highest BCUT2D eigenvalue weighted by Gasteiger charge is 2.48. The molecule has 1 amide bonds. The lowest BCUT2D eigenvalue weighted by molar-refractivity contribution is -0.139. The first kappa shape index (κ1) is 18.9. The topological polar surface area (TPSA) is 135 Å². The van der Waals surface area contributed by atoms with Crippen molar-refractivity contribution in [2.75, 3.05) is 11.1 Å². The molecule has 0 radical (unpaired) electrons. The highest BCUT2D eigenvalue weighted by molar-refractivity contribution is 8.30. The van der Waals surface area contributed by atoms with E-state index >= 15 is 0 Å². The van der Waals surface area contributed by atoms with Crippen molar-refractivity contribution in [3.8, 4) is 0 Å². The van der Waals surface area contributed by atoms with E-state index in [2.05, 4.69) is 10.3 Å². The number of hydrogen-bond acceptors (Lipinski definition) is 6. The number of aromatic nitrogens is 1. The molecule has 2 aliphatic heterocycles. The Kier molecular flexibility index (Phi) is 5.40. The molecule has 3 rings (SSSR count). The molecule has 5 N–H and O–H groups in total. The van der Waals surface area contributed by atoms with Crippen LogP contribution in [0.15, 0.2) is 17.2 Å². The van der Waals surface area contributed by atoms with Gasteiger partial charge in [-0.15, -0.1) is 10.9 Å². The van der Waals surface area contributed by atoms with E-state index < -0.39 is 28.4 Å². The van der Waals surface area contributed by atoms with Crippen molar-refractivity contribution in [1.82, 2.24) is 4.98 Å². The number of amides is 1. The minimum atomic E-state index is -1.46. The van der Waals surface area contributed by atoms with Gasteiger partial charge in [-0.3, -0.25) is 9.59 Å². The molecule has 0 spiro atoms. The largest absolute Gasteiger partial charge is 0.481 e. The molecule has 0 saturated carbocycles. The summed E-state index contributed by atoms with van der Waals surface area (Å²) >= 11 is 0. The maximum atomic E-state index is 12.6. The summed E-state index contributed by atoms with van der Waals surface area (Å²) in [6.45, 7) is 3.60. The zero-order valence-electron chi connectivity index (χ0n) is 14.8. The molecular weight excluding hydrogens is 358 g/mol. The zero-order chi connectivity index (χ0) is 19.0. The Balaban J connectivity index is 1.90. The van der Waals surface area contributed by atoms with Crippen molar-refractivity contribution in [1.29, 1.82) is 0 Å². The van der Waals surface area contributed by atoms with Crippen molar-refractivity contribution in [3.63, 3.8) is 0 Å². The second kappa shape index (κ2) is 7.42. The Hall–Kier alpha value is -1.84. The fraction of sp³-hybridized carbons (Fsp3) is 0.588. The third-order valence-electron chi connectivity index (χ3n) is 5.13. The smallest absolute Gasteiger partial charge is 0.303 e. The van der Waals surface area contributed by atoms with Gasteiger partial charge in [-0.1, -0.05) is 13.3 Å². The number of carbonyl (C=O) groups is 2. The van der Waals surface area contributed by atoms with E-state index in [-0.39, 0.29) is 29.6 Å². The molecule has 6 atom stereocenters. The summed E-state index contributed by atoms with van der Waals surface area (Å²) in [4.78, 5) is 28.1. The van der Waals surface area contributed by atoms with Gasteiger partial charge >= 0.3 is 5.97 Å². The number of pyridine rings is 1. The lowest BCUT2D eigenvalue weighted by atomic mass is 9.89. The first-order valence-corrected chi connectivity index (χ1v) is 10.1. The number of aliphatic hydroxyl groups excluding tert-OH is 1. The number of anilines is 2. The van der Waals surface area contributed by atoms with Gasteiger partial charge in [0.15, 0.2) is 0 Å². The van der Waals surface area contributed by atoms with Crippen LogP contribution < -0.4 is 11.1 Å². The van der Waals surface area contributed by atoms with Crippen LogP contribution in [0.2, 0.25) is 0 Å². The first-order valence-electron chi connectivity index (χ1n) is 8.73. The van der Waals surface area contributed by atoms with Crippen molar-refractivity contribution in [2.45, 2.75) is 55.8 Å². The summed E-state index contributed by atoms with van der Waals surface area (Å²) in [5.41, 5.74) is 5.91. The number of thiol groups is 1. The second-order valence-corrected chi connectivity index (χ2v) is 8.96. The molecule has 9 heteroatoms. The van der Waals surface area contributed by atoms with E-state index in [9.17, 15) is 14.7 Å². The number of aliphatic carboxylic acids is 1. The van der Waals surface area contributed by atoms with E-state index in [0.29, 0.717) is 29.4 Å². The maximum absolute atomic E-state index is 12.6. The number of carboxylic acids is 1. The standard InChI is InChI=1S/C17H25N3O5S/c1-3-9(6-14(22)23)12-7-10(8(2)21)16(25-12)26-15-11(19-17(26)24)4-5-13(18)20-15/h4-5,8-10,12,16,21,26H,3,6-7H2,1-2H3,(H2,18,20)(H,19,24)(H,22,23)/t8-,9+,10+,12+,16-/m1/s1. The van der Waals surface area contributed by atoms with Crippen LogP contribution in [-0.2, 0) is 9.53 Å². The molecule has 1 aromatic heterocycles. The van der Waals surface area contributed by atoms with E-state index in [1.807, 2.05) is 6.92 Å². The number of ether oxygens (including phenoxy) is 1. The predicted molar refractivity (Wildman–Crippen MR) is 99.4 cm³/mol. The van der Waals surface area contributed by atoms with Crippen molar-refractivity contribution >= 4 is 33.6 Å². The van der Waals surface area contributed by atoms with Gasteiger partial charge in [0, 0.05) is 5.92 Å². The minimum absolute atomic E-state index is 0.00627. The summed E-state index contributed by atoms with van der Waals surface area (Å²) < 4.78 is 6.20. The summed E-state index contributed by atoms with van der Waals surface area (Å²) in [7, 11) is -1.46. The van der Waals surface area contributed by atoms with Gasteiger partial charge in [-0.2, -0.15) is 0 Å². The molecule has 0 aliphatic carbocycles. The lowest BCUT2D eigenvalue weighted by Crippen LogP contribution is -2.28. The number of aliphatic hydroxyl groups is 1. The van der Waals surface area contributed by atoms with Crippen LogP contribution in [0.25, 0.3) is 0 Å². The van der Waals surface area contributed by atoms with Crippen LogP contribution in [0.4, 0.5) is 16.3 Å². The third-order valence-corrected chi connectivity index (χ3v) is 7.49. The van der Waals surface area contributed by atoms with Crippen LogP contribution in [0.5, 0.6) is 0 Å². The molecule has 1 aromatic rings. The van der Waals surface area contributed by atoms with Gasteiger partial charge in [0.25, 0.3) is 5.24 Å². The Labute approximate surface area is 154 Å². The predicted octanol–water partition coefficient (Wildman–Crippen LogP) is 2.18. The van der Waals surface area contributed by atoms with Crippen molar-refractivity contribution in [2.24, 2.45) is 11.8 Å². The van der Waals surface area contributed by atoms with Gasteiger partial charge in [0.2, 0.25) is 0 Å². The molecule has 2 aliphatic rings. The summed E-state index contributed by atoms with van der Waals surface area (Å²) in [6.07, 6.45) is 0.209. The summed E-state index contributed by atoms with van der Waals surface area (Å²) in [5.74, 6) is -0.962. The van der Waals surface area contributed by atoms with Crippen LogP contribution in [0, 0.1) is 11.8 Å². The lowest BCUT2D eigenvalue weighted by Gasteiger charge is -2.28. The molecule has 1 unspecified atom stereocenters. The van der Waals surface area contributed by atoms with Gasteiger partial charge in [-0.25, -0.2) is 4.98 Å². The average molecular weight is 383 g/mol. The quantitative estimate of drug-likeness (QED) is 0.475. The number of hydrogen-bond donors (Lipinski definition) is 5.